The van der Waals surface area contributed by atoms with E-state index in [2.05, 4.69) is 10.3 Å². The summed E-state index contributed by atoms with van der Waals surface area (Å²) in [5.41, 5.74) is 3.17. The van der Waals surface area contributed by atoms with Crippen molar-refractivity contribution in [3.8, 4) is 16.9 Å². The van der Waals surface area contributed by atoms with E-state index in [1.54, 1.807) is 39.6 Å². The molecule has 1 aromatic heterocycles. The first-order valence-electron chi connectivity index (χ1n) is 9.54. The van der Waals surface area contributed by atoms with Crippen LogP contribution in [0.1, 0.15) is 30.0 Å². The number of fused-ring (bicyclic) bond motifs is 2. The number of nitrogens with one attached hydrogen (secondary N) is 1. The number of amides is 3. The number of rotatable bonds is 2. The van der Waals surface area contributed by atoms with Crippen LogP contribution in [-0.2, 0) is 11.2 Å². The van der Waals surface area contributed by atoms with Crippen LogP contribution in [0, 0.1) is 5.82 Å². The summed E-state index contributed by atoms with van der Waals surface area (Å²) in [6.07, 6.45) is 4.81. The fourth-order valence-corrected chi connectivity index (χ4v) is 3.80. The van der Waals surface area contributed by atoms with Crippen LogP contribution in [0.15, 0.2) is 24.5 Å². The van der Waals surface area contributed by atoms with Crippen LogP contribution >= 0.6 is 0 Å². The number of aryl methyl sites for hydroxylation is 1. The molecule has 0 radical (unpaired) electrons. The minimum Gasteiger partial charge on any atom is -0.492 e. The van der Waals surface area contributed by atoms with Gasteiger partial charge in [-0.1, -0.05) is 0 Å². The Kier molecular flexibility index (Phi) is 4.86. The molecule has 0 saturated carbocycles. The summed E-state index contributed by atoms with van der Waals surface area (Å²) >= 11 is 0. The van der Waals surface area contributed by atoms with Crippen molar-refractivity contribution in [1.82, 2.24) is 15.2 Å². The lowest BCUT2D eigenvalue weighted by molar-refractivity contribution is -0.118. The third-order valence-electron chi connectivity index (χ3n) is 5.46. The summed E-state index contributed by atoms with van der Waals surface area (Å²) in [6.45, 7) is 0.409. The Bertz CT molecular complexity index is 992. The van der Waals surface area contributed by atoms with Crippen LogP contribution in [-0.4, -0.2) is 49.6 Å². The SMILES string of the molecule is CN(C)C(=O)N[C@@H]1CCOc2c(-c3cc4c(cc3F)N(C)C(=O)CC4)cncc21. The number of anilines is 1. The van der Waals surface area contributed by atoms with Crippen molar-refractivity contribution in [2.75, 3.05) is 32.6 Å². The molecule has 0 fully saturated rings. The third kappa shape index (κ3) is 3.39. The summed E-state index contributed by atoms with van der Waals surface area (Å²) in [4.78, 5) is 31.3. The highest BCUT2D eigenvalue weighted by molar-refractivity contribution is 5.96. The fourth-order valence-electron chi connectivity index (χ4n) is 3.80. The van der Waals surface area contributed by atoms with E-state index in [9.17, 15) is 9.59 Å². The van der Waals surface area contributed by atoms with Gasteiger partial charge >= 0.3 is 6.03 Å². The zero-order valence-electron chi connectivity index (χ0n) is 16.7. The maximum absolute atomic E-state index is 15.0. The number of benzene rings is 1. The van der Waals surface area contributed by atoms with Crippen LogP contribution in [0.5, 0.6) is 5.75 Å². The Labute approximate surface area is 168 Å². The average molecular weight is 398 g/mol. The number of aromatic nitrogens is 1. The van der Waals surface area contributed by atoms with E-state index in [0.717, 1.165) is 11.1 Å². The summed E-state index contributed by atoms with van der Waals surface area (Å²) < 4.78 is 20.9. The van der Waals surface area contributed by atoms with Crippen molar-refractivity contribution in [3.63, 3.8) is 0 Å². The van der Waals surface area contributed by atoms with Crippen LogP contribution in [0.25, 0.3) is 11.1 Å². The smallest absolute Gasteiger partial charge is 0.317 e. The van der Waals surface area contributed by atoms with Crippen LogP contribution in [0.4, 0.5) is 14.9 Å². The first kappa shape index (κ1) is 19.2. The predicted octanol–water partition coefficient (Wildman–Crippen LogP) is 2.89. The second kappa shape index (κ2) is 7.35. The molecule has 1 atom stereocenters. The average Bonchev–Trinajstić information content (AvgIpc) is 2.71. The van der Waals surface area contributed by atoms with Gasteiger partial charge in [0.25, 0.3) is 0 Å². The number of hydrogen-bond donors (Lipinski definition) is 1. The first-order valence-corrected chi connectivity index (χ1v) is 9.54. The Hall–Kier alpha value is -3.16. The number of urea groups is 1. The zero-order valence-corrected chi connectivity index (χ0v) is 16.7. The maximum atomic E-state index is 15.0. The topological polar surface area (TPSA) is 74.8 Å². The van der Waals surface area contributed by atoms with Crippen LogP contribution < -0.4 is 15.0 Å². The van der Waals surface area contributed by atoms with E-state index < -0.39 is 5.82 Å². The second-order valence-electron chi connectivity index (χ2n) is 7.55. The molecule has 4 rings (SSSR count). The molecule has 8 heteroatoms. The molecule has 0 saturated heterocycles. The van der Waals surface area contributed by atoms with Gasteiger partial charge in [0.1, 0.15) is 11.6 Å². The zero-order chi connectivity index (χ0) is 20.7. The molecule has 3 amide bonds. The van der Waals surface area contributed by atoms with Gasteiger partial charge in [0, 0.05) is 68.8 Å². The molecule has 0 bridgehead atoms. The van der Waals surface area contributed by atoms with E-state index in [-0.39, 0.29) is 18.0 Å². The summed E-state index contributed by atoms with van der Waals surface area (Å²) in [5.74, 6) is 0.0733. The lowest BCUT2D eigenvalue weighted by Gasteiger charge is -2.30. The van der Waals surface area contributed by atoms with Crippen molar-refractivity contribution in [3.05, 3.63) is 41.5 Å². The molecular weight excluding hydrogens is 375 g/mol. The lowest BCUT2D eigenvalue weighted by Crippen LogP contribution is -2.39. The van der Waals surface area contributed by atoms with E-state index >= 15 is 4.39 Å². The quantitative estimate of drug-likeness (QED) is 0.844. The van der Waals surface area contributed by atoms with Gasteiger partial charge in [-0.25, -0.2) is 9.18 Å². The third-order valence-corrected chi connectivity index (χ3v) is 5.46. The monoisotopic (exact) mass is 398 g/mol. The van der Waals surface area contributed by atoms with Crippen molar-refractivity contribution in [2.45, 2.75) is 25.3 Å². The van der Waals surface area contributed by atoms with Gasteiger partial charge in [0.2, 0.25) is 5.91 Å². The second-order valence-corrected chi connectivity index (χ2v) is 7.55. The molecule has 29 heavy (non-hydrogen) atoms. The van der Waals surface area contributed by atoms with Gasteiger partial charge in [-0.3, -0.25) is 9.78 Å². The maximum Gasteiger partial charge on any atom is 0.317 e. The lowest BCUT2D eigenvalue weighted by atomic mass is 9.93. The number of carbonyl (C=O) groups excluding carboxylic acids is 2. The summed E-state index contributed by atoms with van der Waals surface area (Å²) in [7, 11) is 5.01. The van der Waals surface area contributed by atoms with Crippen molar-refractivity contribution < 1.29 is 18.7 Å². The molecule has 3 heterocycles. The normalized spacial score (nSPS) is 17.9. The van der Waals surface area contributed by atoms with Crippen molar-refractivity contribution in [2.24, 2.45) is 0 Å². The number of hydrogen-bond acceptors (Lipinski definition) is 4. The van der Waals surface area contributed by atoms with Gasteiger partial charge in [-0.05, 0) is 24.1 Å². The fraction of sp³-hybridized carbons (Fsp3) is 0.381. The van der Waals surface area contributed by atoms with Gasteiger partial charge in [-0.15, -0.1) is 0 Å². The molecule has 152 valence electrons. The molecule has 2 aliphatic rings. The molecule has 2 aromatic rings. The molecule has 0 unspecified atom stereocenters. The highest BCUT2D eigenvalue weighted by Crippen LogP contribution is 2.42. The minimum absolute atomic E-state index is 0.0220. The first-order chi connectivity index (χ1) is 13.9. The van der Waals surface area contributed by atoms with Gasteiger partial charge in [-0.2, -0.15) is 0 Å². The summed E-state index contributed by atoms with van der Waals surface area (Å²) in [5, 5.41) is 2.96. The standard InChI is InChI=1S/C21H23FN4O3/c1-25(2)21(28)24-17-6-7-29-20-14(10-23-11-15(17)20)13-8-12-4-5-19(27)26(3)18(12)9-16(13)22/h8-11,17H,4-7H2,1-3H3,(H,24,28)/t17-/m1/s1. The molecule has 7 nitrogen and oxygen atoms in total. The number of nitrogens with zero attached hydrogens (tertiary/aromatic N) is 3. The van der Waals surface area contributed by atoms with Gasteiger partial charge in [0.15, 0.2) is 0 Å². The molecule has 0 spiro atoms. The Morgan fingerprint density at radius 1 is 1.28 bits per heavy atom. The van der Waals surface area contributed by atoms with Crippen LogP contribution in [0.2, 0.25) is 0 Å². The number of pyridine rings is 1. The summed E-state index contributed by atoms with van der Waals surface area (Å²) in [6, 6.07) is 2.71. The number of carbonyl (C=O) groups is 2. The van der Waals surface area contributed by atoms with Crippen LogP contribution in [0.3, 0.4) is 0 Å². The molecule has 2 aliphatic heterocycles. The van der Waals surface area contributed by atoms with Gasteiger partial charge < -0.3 is 19.9 Å². The number of ether oxygens (including phenoxy) is 1. The van der Waals surface area contributed by atoms with E-state index in [1.807, 2.05) is 0 Å². The Morgan fingerprint density at radius 2 is 2.07 bits per heavy atom. The van der Waals surface area contributed by atoms with E-state index in [1.165, 1.54) is 15.9 Å². The highest BCUT2D eigenvalue weighted by atomic mass is 19.1. The molecular formula is C21H23FN4O3. The van der Waals surface area contributed by atoms with E-state index in [0.29, 0.717) is 48.4 Å². The Balaban J connectivity index is 1.76. The largest absolute Gasteiger partial charge is 0.492 e. The van der Waals surface area contributed by atoms with Gasteiger partial charge in [0.05, 0.1) is 12.6 Å². The van der Waals surface area contributed by atoms with Crippen molar-refractivity contribution >= 4 is 17.6 Å². The molecule has 0 aliphatic carbocycles. The molecule has 1 N–H and O–H groups in total. The molecule has 1 aromatic carbocycles. The van der Waals surface area contributed by atoms with Crippen molar-refractivity contribution in [1.29, 1.82) is 0 Å². The highest BCUT2D eigenvalue weighted by Gasteiger charge is 2.29. The van der Waals surface area contributed by atoms with E-state index in [4.69, 9.17) is 4.74 Å². The number of halogens is 1. The Morgan fingerprint density at radius 3 is 2.83 bits per heavy atom. The predicted molar refractivity (Wildman–Crippen MR) is 106 cm³/mol. The minimum atomic E-state index is -0.441.